The van der Waals surface area contributed by atoms with E-state index in [0.29, 0.717) is 56.5 Å². The Balaban J connectivity index is 1.75. The van der Waals surface area contributed by atoms with Crippen LogP contribution in [-0.2, 0) is 0 Å². The van der Waals surface area contributed by atoms with Crippen molar-refractivity contribution >= 4 is 39.9 Å². The summed E-state index contributed by atoms with van der Waals surface area (Å²) in [5, 5.41) is 3.68. The molecule has 1 aliphatic heterocycles. The van der Waals surface area contributed by atoms with E-state index in [1.165, 1.54) is 14.2 Å². The number of carbonyl (C=O) groups excluding carboxylic acids is 2. The Morgan fingerprint density at radius 1 is 1.22 bits per heavy atom. The number of furan rings is 1. The summed E-state index contributed by atoms with van der Waals surface area (Å²) in [5.74, 6) is 0.894. The van der Waals surface area contributed by atoms with Crippen LogP contribution in [0.25, 0.3) is 11.0 Å². The van der Waals surface area contributed by atoms with Crippen molar-refractivity contribution in [1.29, 1.82) is 0 Å². The van der Waals surface area contributed by atoms with Crippen LogP contribution in [0.5, 0.6) is 17.2 Å². The van der Waals surface area contributed by atoms with Gasteiger partial charge in [0.2, 0.25) is 0 Å². The van der Waals surface area contributed by atoms with E-state index in [1.807, 2.05) is 13.8 Å². The molecule has 0 fully saturated rings. The minimum absolute atomic E-state index is 0.0272. The fourth-order valence-electron chi connectivity index (χ4n) is 3.96. The summed E-state index contributed by atoms with van der Waals surface area (Å²) in [5.41, 5.74) is 1.29. The Hall–Kier alpha value is -3.19. The largest absolute Gasteiger partial charge is 0.495 e. The third kappa shape index (κ3) is 3.56. The molecule has 0 saturated heterocycles. The summed E-state index contributed by atoms with van der Waals surface area (Å²) < 4.78 is 22.5. The summed E-state index contributed by atoms with van der Waals surface area (Å²) >= 11 is 6.21. The van der Waals surface area contributed by atoms with E-state index in [4.69, 9.17) is 30.2 Å². The minimum atomic E-state index is -0.542. The number of nitrogens with one attached hydrogen (secondary N) is 1. The quantitative estimate of drug-likeness (QED) is 0.521. The van der Waals surface area contributed by atoms with E-state index in [2.05, 4.69) is 5.32 Å². The van der Waals surface area contributed by atoms with E-state index >= 15 is 0 Å². The van der Waals surface area contributed by atoms with Crippen LogP contribution in [-0.4, -0.2) is 31.5 Å². The second-order valence-corrected chi connectivity index (χ2v) is 8.42. The lowest BCUT2D eigenvalue weighted by Crippen LogP contribution is -2.38. The van der Waals surface area contributed by atoms with Gasteiger partial charge in [-0.2, -0.15) is 0 Å². The fourth-order valence-corrected chi connectivity index (χ4v) is 4.20. The number of hydrogen-bond donors (Lipinski definition) is 1. The van der Waals surface area contributed by atoms with Crippen molar-refractivity contribution in [2.75, 3.05) is 19.5 Å². The topological polar surface area (TPSA) is 87.0 Å². The molecular formula is C24H24ClNO6. The van der Waals surface area contributed by atoms with Crippen LogP contribution < -0.4 is 19.5 Å². The van der Waals surface area contributed by atoms with Gasteiger partial charge in [-0.05, 0) is 38.5 Å². The van der Waals surface area contributed by atoms with E-state index < -0.39 is 11.5 Å². The Morgan fingerprint density at radius 2 is 1.94 bits per heavy atom. The monoisotopic (exact) mass is 457 g/mol. The molecule has 1 amide bonds. The van der Waals surface area contributed by atoms with Gasteiger partial charge >= 0.3 is 0 Å². The lowest BCUT2D eigenvalue weighted by atomic mass is 9.87. The van der Waals surface area contributed by atoms with Gasteiger partial charge in [0, 0.05) is 17.0 Å². The molecule has 2 aromatic carbocycles. The van der Waals surface area contributed by atoms with Crippen LogP contribution in [0.15, 0.2) is 28.7 Å². The van der Waals surface area contributed by atoms with Crippen LogP contribution in [0, 0.1) is 6.92 Å². The van der Waals surface area contributed by atoms with Crippen LogP contribution in [0.4, 0.5) is 5.69 Å². The molecule has 0 radical (unpaired) electrons. The molecule has 1 N–H and O–H groups in total. The van der Waals surface area contributed by atoms with Crippen LogP contribution >= 0.6 is 11.6 Å². The molecule has 3 aromatic rings. The van der Waals surface area contributed by atoms with Gasteiger partial charge in [-0.25, -0.2) is 0 Å². The average molecular weight is 458 g/mol. The molecule has 0 bridgehead atoms. The number of hydrogen-bond acceptors (Lipinski definition) is 6. The van der Waals surface area contributed by atoms with Gasteiger partial charge < -0.3 is 23.9 Å². The van der Waals surface area contributed by atoms with E-state index in [-0.39, 0.29) is 18.0 Å². The van der Waals surface area contributed by atoms with Gasteiger partial charge in [-0.1, -0.05) is 18.5 Å². The Kier molecular flexibility index (Phi) is 5.54. The summed E-state index contributed by atoms with van der Waals surface area (Å²) in [6.45, 7) is 5.66. The normalized spacial score (nSPS) is 17.6. The zero-order valence-electron chi connectivity index (χ0n) is 18.6. The molecule has 0 unspecified atom stereocenters. The molecule has 0 spiro atoms. The van der Waals surface area contributed by atoms with Crippen molar-refractivity contribution in [1.82, 2.24) is 0 Å². The van der Waals surface area contributed by atoms with E-state index in [9.17, 15) is 9.59 Å². The number of ketones is 1. The van der Waals surface area contributed by atoms with Crippen molar-refractivity contribution in [2.45, 2.75) is 39.2 Å². The maximum atomic E-state index is 13.1. The first-order valence-electron chi connectivity index (χ1n) is 10.2. The first kappa shape index (κ1) is 22.0. The highest BCUT2D eigenvalue weighted by Gasteiger charge is 2.37. The highest BCUT2D eigenvalue weighted by atomic mass is 35.5. The van der Waals surface area contributed by atoms with Crippen molar-refractivity contribution in [3.8, 4) is 17.2 Å². The highest BCUT2D eigenvalue weighted by molar-refractivity contribution is 6.32. The van der Waals surface area contributed by atoms with Gasteiger partial charge in [0.05, 0.1) is 36.9 Å². The predicted octanol–water partition coefficient (Wildman–Crippen LogP) is 5.80. The number of rotatable bonds is 5. The Labute approximate surface area is 190 Å². The maximum absolute atomic E-state index is 13.1. The third-order valence-electron chi connectivity index (χ3n) is 5.90. The summed E-state index contributed by atoms with van der Waals surface area (Å²) in [6.07, 6.45) is 0.976. The molecule has 8 heteroatoms. The number of benzene rings is 2. The smallest absolute Gasteiger partial charge is 0.291 e. The molecule has 1 aliphatic rings. The molecule has 0 saturated carbocycles. The Bertz CT molecular complexity index is 1250. The fraction of sp³-hybridized carbons (Fsp3) is 0.333. The molecule has 32 heavy (non-hydrogen) atoms. The van der Waals surface area contributed by atoms with E-state index in [0.717, 1.165) is 0 Å². The summed E-state index contributed by atoms with van der Waals surface area (Å²) in [6, 6.07) is 6.57. The number of aryl methyl sites for hydroxylation is 1. The molecule has 1 aromatic heterocycles. The highest BCUT2D eigenvalue weighted by Crippen LogP contribution is 2.42. The van der Waals surface area contributed by atoms with Gasteiger partial charge in [0.1, 0.15) is 28.4 Å². The van der Waals surface area contributed by atoms with Crippen LogP contribution in [0.3, 0.4) is 0 Å². The third-order valence-corrected chi connectivity index (χ3v) is 6.20. The van der Waals surface area contributed by atoms with Crippen molar-refractivity contribution < 1.29 is 28.2 Å². The van der Waals surface area contributed by atoms with Crippen LogP contribution in [0.1, 0.15) is 53.2 Å². The molecule has 4 rings (SSSR count). The summed E-state index contributed by atoms with van der Waals surface area (Å²) in [7, 11) is 2.97. The number of ether oxygens (including phenoxy) is 3. The minimum Gasteiger partial charge on any atom is -0.495 e. The average Bonchev–Trinajstić information content (AvgIpc) is 3.10. The molecule has 7 nitrogen and oxygen atoms in total. The number of amides is 1. The second-order valence-electron chi connectivity index (χ2n) is 8.01. The summed E-state index contributed by atoms with van der Waals surface area (Å²) in [4.78, 5) is 26.1. The lowest BCUT2D eigenvalue weighted by Gasteiger charge is -2.34. The Morgan fingerprint density at radius 3 is 2.59 bits per heavy atom. The molecular weight excluding hydrogens is 434 g/mol. The SMILES string of the molecule is CC[C@@]1(C)CC(=O)c2c(ccc3oc(C(=O)Nc4cc(Cl)c(OC)cc4OC)c(C)c23)O1. The van der Waals surface area contributed by atoms with E-state index in [1.54, 1.807) is 31.2 Å². The number of methoxy groups -OCH3 is 2. The van der Waals surface area contributed by atoms with Gasteiger partial charge in [-0.3, -0.25) is 9.59 Å². The van der Waals surface area contributed by atoms with Gasteiger partial charge in [0.15, 0.2) is 11.5 Å². The predicted molar refractivity (Wildman–Crippen MR) is 122 cm³/mol. The first-order chi connectivity index (χ1) is 15.2. The lowest BCUT2D eigenvalue weighted by molar-refractivity contribution is 0.0503. The molecule has 2 heterocycles. The molecule has 1 atom stereocenters. The number of anilines is 1. The number of fused-ring (bicyclic) bond motifs is 3. The van der Waals surface area contributed by atoms with Gasteiger partial charge in [0.25, 0.3) is 5.91 Å². The van der Waals surface area contributed by atoms with Crippen molar-refractivity contribution in [2.24, 2.45) is 0 Å². The molecule has 0 aliphatic carbocycles. The van der Waals surface area contributed by atoms with Crippen LogP contribution in [0.2, 0.25) is 5.02 Å². The van der Waals surface area contributed by atoms with Crippen molar-refractivity contribution in [3.63, 3.8) is 0 Å². The zero-order chi connectivity index (χ0) is 23.2. The molecule has 168 valence electrons. The standard InChI is InChI=1S/C24H24ClNO6/c1-6-24(3)11-15(27)21-17(32-24)8-7-16-20(21)12(2)22(31-16)23(28)26-14-9-13(25)18(29-4)10-19(14)30-5/h7-10H,6,11H2,1-5H3,(H,26,28)/t24-/m0/s1. The number of Topliss-reactive ketones (excluding diaryl/α,β-unsaturated/α-hetero) is 1. The number of carbonyl (C=O) groups is 2. The van der Waals surface area contributed by atoms with Gasteiger partial charge in [-0.15, -0.1) is 0 Å². The van der Waals surface area contributed by atoms with Crippen molar-refractivity contribution in [3.05, 3.63) is 46.2 Å². The number of halogens is 1. The second kappa shape index (κ2) is 8.06. The zero-order valence-corrected chi connectivity index (χ0v) is 19.3. The first-order valence-corrected chi connectivity index (χ1v) is 10.6. The maximum Gasteiger partial charge on any atom is 0.291 e.